The molecule has 1 aromatic carbocycles. The molecule has 1 amide bonds. The highest BCUT2D eigenvalue weighted by Crippen LogP contribution is 2.22. The smallest absolute Gasteiger partial charge is 0.267 e. The fraction of sp³-hybridized carbons (Fsp3) is 0.333. The summed E-state index contributed by atoms with van der Waals surface area (Å²) in [4.78, 5) is 37.6. The van der Waals surface area contributed by atoms with E-state index < -0.39 is 5.91 Å². The van der Waals surface area contributed by atoms with Crippen LogP contribution in [0.1, 0.15) is 28.6 Å². The number of carbonyl (C=O) groups is 1. The first-order valence-corrected chi connectivity index (χ1v) is 11.0. The molecule has 0 bridgehead atoms. The van der Waals surface area contributed by atoms with E-state index in [0.717, 1.165) is 22.5 Å². The Balaban J connectivity index is 1.62. The van der Waals surface area contributed by atoms with E-state index in [9.17, 15) is 9.59 Å². The fourth-order valence-corrected chi connectivity index (χ4v) is 4.44. The van der Waals surface area contributed by atoms with E-state index >= 15 is 0 Å². The number of amides is 1. The number of imidazole rings is 1. The van der Waals surface area contributed by atoms with Gasteiger partial charge in [0.25, 0.3) is 11.5 Å². The zero-order valence-corrected chi connectivity index (χ0v) is 16.4. The largest absolute Gasteiger partial charge is 0.342 e. The number of thioether (sulfide) groups is 2. The molecule has 140 valence electrons. The number of benzene rings is 1. The first-order valence-electron chi connectivity index (χ1n) is 8.64. The van der Waals surface area contributed by atoms with Crippen LogP contribution in [-0.2, 0) is 6.54 Å². The Bertz CT molecular complexity index is 1010. The minimum absolute atomic E-state index is 0.0755. The lowest BCUT2D eigenvalue weighted by molar-refractivity contribution is 0.0931. The second-order valence-corrected chi connectivity index (χ2v) is 8.25. The van der Waals surface area contributed by atoms with Crippen molar-refractivity contribution >= 4 is 40.5 Å². The maximum Gasteiger partial charge on any atom is 0.267 e. The lowest BCUT2D eigenvalue weighted by atomic mass is 10.2. The number of hydrogen-bond donors (Lipinski definition) is 2. The molecule has 2 N–H and O–H groups in total. The van der Waals surface area contributed by atoms with Crippen molar-refractivity contribution in [2.75, 3.05) is 17.8 Å². The molecule has 0 radical (unpaired) electrons. The van der Waals surface area contributed by atoms with Crippen molar-refractivity contribution in [1.82, 2.24) is 24.8 Å². The third-order valence-corrected chi connectivity index (χ3v) is 6.07. The molecule has 1 atom stereocenters. The van der Waals surface area contributed by atoms with Crippen molar-refractivity contribution in [3.05, 3.63) is 52.2 Å². The number of nitrogens with one attached hydrogen (secondary N) is 2. The fourth-order valence-electron chi connectivity index (χ4n) is 3.06. The van der Waals surface area contributed by atoms with E-state index in [1.807, 2.05) is 30.5 Å². The van der Waals surface area contributed by atoms with Gasteiger partial charge in [-0.05, 0) is 30.6 Å². The Kier molecular flexibility index (Phi) is 5.22. The molecular weight excluding hydrogens is 382 g/mol. The number of aromatic amines is 1. The van der Waals surface area contributed by atoms with E-state index in [1.165, 1.54) is 18.0 Å². The van der Waals surface area contributed by atoms with Crippen LogP contribution in [0, 0.1) is 0 Å². The van der Waals surface area contributed by atoms with Crippen LogP contribution >= 0.6 is 23.5 Å². The van der Waals surface area contributed by atoms with Crippen LogP contribution in [0.3, 0.4) is 0 Å². The van der Waals surface area contributed by atoms with Crippen LogP contribution in [-0.4, -0.2) is 43.2 Å². The van der Waals surface area contributed by atoms with Crippen LogP contribution in [0.5, 0.6) is 0 Å². The number of hydrogen-bond acceptors (Lipinski definition) is 6. The lowest BCUT2D eigenvalue weighted by Crippen LogP contribution is -2.36. The van der Waals surface area contributed by atoms with Crippen molar-refractivity contribution in [2.45, 2.75) is 24.2 Å². The molecule has 0 spiro atoms. The molecule has 0 saturated heterocycles. The average molecular weight is 402 g/mol. The maximum atomic E-state index is 12.8. The molecule has 9 heteroatoms. The molecule has 0 aliphatic carbocycles. The first kappa shape index (κ1) is 18.1. The van der Waals surface area contributed by atoms with Gasteiger partial charge in [0.1, 0.15) is 11.4 Å². The van der Waals surface area contributed by atoms with E-state index in [4.69, 9.17) is 0 Å². The maximum absolute atomic E-state index is 12.8. The summed E-state index contributed by atoms with van der Waals surface area (Å²) in [5, 5.41) is 3.65. The third kappa shape index (κ3) is 3.61. The molecule has 1 unspecified atom stereocenters. The number of H-pyrrole nitrogens is 1. The van der Waals surface area contributed by atoms with Crippen LogP contribution in [0.25, 0.3) is 11.0 Å². The summed E-state index contributed by atoms with van der Waals surface area (Å²) in [6.45, 7) is 0.590. The number of carbonyl (C=O) groups excluding carboxylic acids is 1. The molecule has 3 aromatic rings. The normalized spacial score (nSPS) is 14.3. The highest BCUT2D eigenvalue weighted by atomic mass is 32.2. The van der Waals surface area contributed by atoms with Crippen molar-refractivity contribution < 1.29 is 4.79 Å². The average Bonchev–Trinajstić information content (AvgIpc) is 3.32. The number of fused-ring (bicyclic) bond motifs is 2. The predicted octanol–water partition coefficient (Wildman–Crippen LogP) is 2.45. The summed E-state index contributed by atoms with van der Waals surface area (Å²) in [6.07, 6.45) is 4.11. The summed E-state index contributed by atoms with van der Waals surface area (Å²) < 4.78 is 1.57. The van der Waals surface area contributed by atoms with Gasteiger partial charge in [0.05, 0.1) is 17.1 Å². The SMILES string of the molecule is CSCCC(NC(=O)c1cnc2n(c1=O)CCS2)c1nc2ccccc2[nH]1. The molecule has 7 nitrogen and oxygen atoms in total. The predicted molar refractivity (Wildman–Crippen MR) is 109 cm³/mol. The second kappa shape index (κ2) is 7.77. The number of para-hydroxylation sites is 2. The molecule has 1 aliphatic heterocycles. The van der Waals surface area contributed by atoms with E-state index in [2.05, 4.69) is 20.3 Å². The van der Waals surface area contributed by atoms with Gasteiger partial charge in [0.2, 0.25) is 0 Å². The van der Waals surface area contributed by atoms with Crippen molar-refractivity contribution in [2.24, 2.45) is 0 Å². The van der Waals surface area contributed by atoms with Gasteiger partial charge in [-0.15, -0.1) is 0 Å². The van der Waals surface area contributed by atoms with Gasteiger partial charge in [-0.1, -0.05) is 23.9 Å². The van der Waals surface area contributed by atoms with Crippen LogP contribution in [0.2, 0.25) is 0 Å². The summed E-state index contributed by atoms with van der Waals surface area (Å²) in [5.41, 5.74) is 1.57. The Labute approximate surface area is 164 Å². The lowest BCUT2D eigenvalue weighted by Gasteiger charge is -2.16. The molecule has 3 heterocycles. The molecule has 27 heavy (non-hydrogen) atoms. The standard InChI is InChI=1S/C18H19N5O2S2/c1-26-8-6-14(15-20-12-4-2-3-5-13(12)21-15)22-16(24)11-10-19-18-23(17(11)25)7-9-27-18/h2-5,10,14H,6-9H2,1H3,(H,20,21)(H,22,24). The number of nitrogens with zero attached hydrogens (tertiary/aromatic N) is 3. The summed E-state index contributed by atoms with van der Waals surface area (Å²) >= 11 is 3.23. The minimum Gasteiger partial charge on any atom is -0.342 e. The van der Waals surface area contributed by atoms with Gasteiger partial charge in [0.15, 0.2) is 5.16 Å². The molecule has 2 aromatic heterocycles. The molecule has 4 rings (SSSR count). The van der Waals surface area contributed by atoms with E-state index in [0.29, 0.717) is 23.9 Å². The van der Waals surface area contributed by atoms with E-state index in [-0.39, 0.29) is 17.2 Å². The zero-order chi connectivity index (χ0) is 18.8. The summed E-state index contributed by atoms with van der Waals surface area (Å²) in [5.74, 6) is 1.96. The van der Waals surface area contributed by atoms with Gasteiger partial charge >= 0.3 is 0 Å². The van der Waals surface area contributed by atoms with Gasteiger partial charge in [-0.3, -0.25) is 14.2 Å². The topological polar surface area (TPSA) is 92.7 Å². The van der Waals surface area contributed by atoms with E-state index in [1.54, 1.807) is 16.3 Å². The molecule has 1 aliphatic rings. The molecular formula is C18H19N5O2S2. The third-order valence-electron chi connectivity index (χ3n) is 4.45. The minimum atomic E-state index is -0.411. The highest BCUT2D eigenvalue weighted by Gasteiger charge is 2.23. The zero-order valence-electron chi connectivity index (χ0n) is 14.8. The quantitative estimate of drug-likeness (QED) is 0.617. The Morgan fingerprint density at radius 2 is 2.30 bits per heavy atom. The van der Waals surface area contributed by atoms with Crippen molar-refractivity contribution in [3.63, 3.8) is 0 Å². The van der Waals surface area contributed by atoms with Crippen LogP contribution in [0.15, 0.2) is 40.4 Å². The van der Waals surface area contributed by atoms with Gasteiger partial charge in [-0.2, -0.15) is 11.8 Å². The van der Waals surface area contributed by atoms with Gasteiger partial charge < -0.3 is 10.3 Å². The van der Waals surface area contributed by atoms with Crippen LogP contribution < -0.4 is 10.9 Å². The Hall–Kier alpha value is -2.26. The van der Waals surface area contributed by atoms with Crippen molar-refractivity contribution in [3.8, 4) is 0 Å². The van der Waals surface area contributed by atoms with Gasteiger partial charge in [-0.25, -0.2) is 9.97 Å². The Morgan fingerprint density at radius 1 is 1.44 bits per heavy atom. The Morgan fingerprint density at radius 3 is 3.11 bits per heavy atom. The molecule has 0 fully saturated rings. The van der Waals surface area contributed by atoms with Gasteiger partial charge in [0, 0.05) is 18.5 Å². The summed E-state index contributed by atoms with van der Waals surface area (Å²) in [6, 6.07) is 7.45. The highest BCUT2D eigenvalue weighted by molar-refractivity contribution is 7.99. The number of rotatable bonds is 6. The summed E-state index contributed by atoms with van der Waals surface area (Å²) in [7, 11) is 0. The first-order chi connectivity index (χ1) is 13.2. The van der Waals surface area contributed by atoms with Crippen LogP contribution in [0.4, 0.5) is 0 Å². The monoisotopic (exact) mass is 401 g/mol. The molecule has 0 saturated carbocycles. The number of aromatic nitrogens is 4. The van der Waals surface area contributed by atoms with Crippen molar-refractivity contribution in [1.29, 1.82) is 0 Å². The second-order valence-electron chi connectivity index (χ2n) is 6.21.